The van der Waals surface area contributed by atoms with E-state index in [0.717, 1.165) is 21.3 Å². The number of hydrogen-bond donors (Lipinski definition) is 1. The molecule has 2 rings (SSSR count). The van der Waals surface area contributed by atoms with E-state index in [1.54, 1.807) is 30.2 Å². The third kappa shape index (κ3) is 4.03. The van der Waals surface area contributed by atoms with Crippen LogP contribution in [0.15, 0.2) is 41.3 Å². The minimum atomic E-state index is -0.0941. The van der Waals surface area contributed by atoms with Crippen molar-refractivity contribution < 1.29 is 9.84 Å². The van der Waals surface area contributed by atoms with E-state index in [1.165, 1.54) is 4.88 Å². The van der Waals surface area contributed by atoms with Crippen molar-refractivity contribution in [3.05, 3.63) is 46.2 Å². The van der Waals surface area contributed by atoms with Crippen molar-refractivity contribution in [1.82, 2.24) is 0 Å². The first-order chi connectivity index (χ1) is 9.33. The number of para-hydroxylation sites is 1. The van der Waals surface area contributed by atoms with E-state index >= 15 is 0 Å². The van der Waals surface area contributed by atoms with Crippen LogP contribution in [-0.4, -0.2) is 18.8 Å². The molecule has 0 radical (unpaired) electrons. The summed E-state index contributed by atoms with van der Waals surface area (Å²) < 4.78 is 5.32. The van der Waals surface area contributed by atoms with Crippen LogP contribution in [0.2, 0.25) is 0 Å². The van der Waals surface area contributed by atoms with Crippen LogP contribution in [0.5, 0.6) is 5.75 Å². The highest BCUT2D eigenvalue weighted by Crippen LogP contribution is 2.32. The van der Waals surface area contributed by atoms with Crippen LogP contribution in [0.4, 0.5) is 0 Å². The topological polar surface area (TPSA) is 29.5 Å². The molecule has 1 aromatic carbocycles. The molecule has 0 bridgehead atoms. The largest absolute Gasteiger partial charge is 0.496 e. The maximum Gasteiger partial charge on any atom is 0.132 e. The molecule has 1 aromatic heterocycles. The van der Waals surface area contributed by atoms with Crippen molar-refractivity contribution >= 4 is 23.1 Å². The van der Waals surface area contributed by atoms with Crippen LogP contribution >= 0.6 is 23.1 Å². The zero-order valence-electron chi connectivity index (χ0n) is 10.6. The molecule has 0 aliphatic rings. The SMILES string of the molecule is COc1ccccc1SCc1ccc(C#CCO)s1. The second-order valence-corrected chi connectivity index (χ2v) is 5.85. The summed E-state index contributed by atoms with van der Waals surface area (Å²) in [7, 11) is 1.69. The molecule has 2 aromatic rings. The Balaban J connectivity index is 2.00. The molecular weight excluding hydrogens is 276 g/mol. The van der Waals surface area contributed by atoms with E-state index in [4.69, 9.17) is 9.84 Å². The number of ether oxygens (including phenoxy) is 1. The normalized spacial score (nSPS) is 9.79. The van der Waals surface area contributed by atoms with Gasteiger partial charge >= 0.3 is 0 Å². The van der Waals surface area contributed by atoms with Crippen molar-refractivity contribution in [2.45, 2.75) is 10.6 Å². The maximum absolute atomic E-state index is 8.66. The summed E-state index contributed by atoms with van der Waals surface area (Å²) in [4.78, 5) is 3.39. The number of thioether (sulfide) groups is 1. The summed E-state index contributed by atoms with van der Waals surface area (Å²) in [6, 6.07) is 12.1. The third-order valence-corrected chi connectivity index (χ3v) is 4.68. The molecule has 1 N–H and O–H groups in total. The zero-order valence-corrected chi connectivity index (χ0v) is 12.2. The number of thiophene rings is 1. The second-order valence-electron chi connectivity index (χ2n) is 3.67. The highest BCUT2D eigenvalue weighted by molar-refractivity contribution is 7.98. The standard InChI is InChI=1S/C15H14O2S2/c1-17-14-6-2-3-7-15(14)18-11-13-9-8-12(19-13)5-4-10-16/h2-3,6-9,16H,10-11H2,1H3. The Morgan fingerprint density at radius 3 is 2.89 bits per heavy atom. The van der Waals surface area contributed by atoms with E-state index < -0.39 is 0 Å². The van der Waals surface area contributed by atoms with Gasteiger partial charge < -0.3 is 9.84 Å². The number of rotatable bonds is 4. The zero-order chi connectivity index (χ0) is 13.5. The molecule has 2 nitrogen and oxygen atoms in total. The molecule has 0 saturated carbocycles. The molecular formula is C15H14O2S2. The van der Waals surface area contributed by atoms with Crippen molar-refractivity contribution in [2.75, 3.05) is 13.7 Å². The van der Waals surface area contributed by atoms with Gasteiger partial charge in [-0.05, 0) is 24.3 Å². The first-order valence-corrected chi connectivity index (χ1v) is 7.58. The molecule has 0 aliphatic heterocycles. The molecule has 4 heteroatoms. The predicted molar refractivity (Wildman–Crippen MR) is 80.8 cm³/mol. The molecule has 19 heavy (non-hydrogen) atoms. The third-order valence-electron chi connectivity index (χ3n) is 2.39. The number of aliphatic hydroxyl groups excluding tert-OH is 1. The molecule has 0 aliphatic carbocycles. The lowest BCUT2D eigenvalue weighted by Gasteiger charge is -2.06. The average Bonchev–Trinajstić information content (AvgIpc) is 2.91. The molecule has 0 amide bonds. The molecule has 1 heterocycles. The molecule has 0 atom stereocenters. The number of hydrogen-bond acceptors (Lipinski definition) is 4. The van der Waals surface area contributed by atoms with Crippen LogP contribution in [0.3, 0.4) is 0 Å². The van der Waals surface area contributed by atoms with Gasteiger partial charge in [-0.2, -0.15) is 0 Å². The van der Waals surface area contributed by atoms with Gasteiger partial charge in [0.15, 0.2) is 0 Å². The molecule has 0 spiro atoms. The Morgan fingerprint density at radius 1 is 1.26 bits per heavy atom. The number of aliphatic hydroxyl groups is 1. The van der Waals surface area contributed by atoms with Gasteiger partial charge in [-0.3, -0.25) is 0 Å². The molecule has 98 valence electrons. The van der Waals surface area contributed by atoms with E-state index in [1.807, 2.05) is 24.3 Å². The smallest absolute Gasteiger partial charge is 0.132 e. The minimum absolute atomic E-state index is 0.0941. The summed E-state index contributed by atoms with van der Waals surface area (Å²) in [5, 5.41) is 8.66. The van der Waals surface area contributed by atoms with Crippen molar-refractivity contribution in [2.24, 2.45) is 0 Å². The van der Waals surface area contributed by atoms with E-state index in [2.05, 4.69) is 24.0 Å². The monoisotopic (exact) mass is 290 g/mol. The van der Waals surface area contributed by atoms with Gasteiger partial charge in [0.25, 0.3) is 0 Å². The van der Waals surface area contributed by atoms with Gasteiger partial charge in [0.2, 0.25) is 0 Å². The molecule has 0 fully saturated rings. The highest BCUT2D eigenvalue weighted by atomic mass is 32.2. The van der Waals surface area contributed by atoms with Gasteiger partial charge in [0.05, 0.1) is 12.0 Å². The number of methoxy groups -OCH3 is 1. The maximum atomic E-state index is 8.66. The van der Waals surface area contributed by atoms with Gasteiger partial charge in [0.1, 0.15) is 12.4 Å². The number of benzene rings is 1. The Labute approximate surface area is 121 Å². The summed E-state index contributed by atoms with van der Waals surface area (Å²) in [6.07, 6.45) is 0. The quantitative estimate of drug-likeness (QED) is 0.691. The Kier molecular flexibility index (Phi) is 5.34. The summed E-state index contributed by atoms with van der Waals surface area (Å²) in [6.45, 7) is -0.0941. The van der Waals surface area contributed by atoms with E-state index in [0.29, 0.717) is 0 Å². The fraction of sp³-hybridized carbons (Fsp3) is 0.200. The van der Waals surface area contributed by atoms with Crippen LogP contribution in [-0.2, 0) is 5.75 Å². The van der Waals surface area contributed by atoms with Gasteiger partial charge in [0, 0.05) is 15.5 Å². The molecule has 0 unspecified atom stereocenters. The second kappa shape index (κ2) is 7.25. The van der Waals surface area contributed by atoms with Crippen molar-refractivity contribution in [3.63, 3.8) is 0 Å². The average molecular weight is 290 g/mol. The van der Waals surface area contributed by atoms with Gasteiger partial charge in [-0.25, -0.2) is 0 Å². The predicted octanol–water partition coefficient (Wildman–Crippen LogP) is 3.39. The highest BCUT2D eigenvalue weighted by Gasteiger charge is 2.04. The lowest BCUT2D eigenvalue weighted by molar-refractivity contribution is 0.350. The summed E-state index contributed by atoms with van der Waals surface area (Å²) >= 11 is 3.41. The van der Waals surface area contributed by atoms with Gasteiger partial charge in [-0.1, -0.05) is 24.0 Å². The molecule has 0 saturated heterocycles. The summed E-state index contributed by atoms with van der Waals surface area (Å²) in [5.74, 6) is 7.38. The van der Waals surface area contributed by atoms with Crippen molar-refractivity contribution in [3.8, 4) is 17.6 Å². The lowest BCUT2D eigenvalue weighted by atomic mass is 10.3. The van der Waals surface area contributed by atoms with Crippen LogP contribution < -0.4 is 4.74 Å². The van der Waals surface area contributed by atoms with Crippen molar-refractivity contribution in [1.29, 1.82) is 0 Å². The fourth-order valence-electron chi connectivity index (χ4n) is 1.54. The van der Waals surface area contributed by atoms with Crippen LogP contribution in [0.25, 0.3) is 0 Å². The first kappa shape index (κ1) is 14.0. The Bertz CT molecular complexity index is 593. The Hall–Kier alpha value is -1.41. The van der Waals surface area contributed by atoms with E-state index in [-0.39, 0.29) is 6.61 Å². The van der Waals surface area contributed by atoms with E-state index in [9.17, 15) is 0 Å². The van der Waals surface area contributed by atoms with Crippen LogP contribution in [0, 0.1) is 11.8 Å². The first-order valence-electron chi connectivity index (χ1n) is 5.77. The summed E-state index contributed by atoms with van der Waals surface area (Å²) in [5.41, 5.74) is 0. The van der Waals surface area contributed by atoms with Gasteiger partial charge in [-0.15, -0.1) is 23.1 Å². The van der Waals surface area contributed by atoms with Crippen LogP contribution in [0.1, 0.15) is 9.75 Å². The minimum Gasteiger partial charge on any atom is -0.496 e. The Morgan fingerprint density at radius 2 is 2.11 bits per heavy atom. The lowest BCUT2D eigenvalue weighted by Crippen LogP contribution is -1.85. The fourth-order valence-corrected chi connectivity index (χ4v) is 3.49.